The van der Waals surface area contributed by atoms with Crippen molar-refractivity contribution in [2.45, 2.75) is 39.3 Å². The number of nitrogen functional groups attached to an aromatic ring is 1. The molecule has 0 bridgehead atoms. The first-order valence-electron chi connectivity index (χ1n) is 6.23. The predicted octanol–water partition coefficient (Wildman–Crippen LogP) is 2.89. The van der Waals surface area contributed by atoms with E-state index in [-0.39, 0.29) is 0 Å². The molecule has 2 nitrogen and oxygen atoms in total. The zero-order valence-electron chi connectivity index (χ0n) is 10.3. The minimum atomic E-state index is 0.710. The molecule has 2 heteroatoms. The number of likely N-dealkylation sites (tertiary alicyclic amines) is 1. The summed E-state index contributed by atoms with van der Waals surface area (Å²) in [5.74, 6) is 0.887. The fourth-order valence-electron chi connectivity index (χ4n) is 2.55. The van der Waals surface area contributed by atoms with E-state index < -0.39 is 0 Å². The average Bonchev–Trinajstić information content (AvgIpc) is 2.25. The molecule has 1 aromatic carbocycles. The Hall–Kier alpha value is -1.02. The first-order chi connectivity index (χ1) is 7.65. The lowest BCUT2D eigenvalue weighted by Gasteiger charge is -2.36. The lowest BCUT2D eigenvalue weighted by atomic mass is 9.93. The van der Waals surface area contributed by atoms with Gasteiger partial charge < -0.3 is 5.73 Å². The minimum Gasteiger partial charge on any atom is -0.399 e. The van der Waals surface area contributed by atoms with E-state index in [1.807, 2.05) is 12.1 Å². The van der Waals surface area contributed by atoms with Crippen LogP contribution in [-0.4, -0.2) is 17.5 Å². The highest BCUT2D eigenvalue weighted by molar-refractivity contribution is 5.39. The lowest BCUT2D eigenvalue weighted by molar-refractivity contribution is 0.122. The van der Waals surface area contributed by atoms with Gasteiger partial charge in [-0.25, -0.2) is 0 Å². The molecule has 0 aliphatic carbocycles. The molecule has 16 heavy (non-hydrogen) atoms. The van der Waals surface area contributed by atoms with Crippen molar-refractivity contribution < 1.29 is 0 Å². The molecule has 1 aromatic rings. The molecule has 0 aromatic heterocycles. The quantitative estimate of drug-likeness (QED) is 0.773. The number of benzene rings is 1. The van der Waals surface area contributed by atoms with Crippen LogP contribution in [-0.2, 0) is 6.54 Å². The summed E-state index contributed by atoms with van der Waals surface area (Å²) >= 11 is 0. The number of piperidine rings is 1. The van der Waals surface area contributed by atoms with Gasteiger partial charge in [0.15, 0.2) is 0 Å². The van der Waals surface area contributed by atoms with Crippen LogP contribution in [0.4, 0.5) is 5.69 Å². The fourth-order valence-corrected chi connectivity index (χ4v) is 2.55. The molecule has 0 amide bonds. The second-order valence-electron chi connectivity index (χ2n) is 5.19. The molecular formula is C14H22N2. The molecule has 2 rings (SSSR count). The van der Waals surface area contributed by atoms with Crippen molar-refractivity contribution in [3.63, 3.8) is 0 Å². The highest BCUT2D eigenvalue weighted by atomic mass is 15.2. The predicted molar refractivity (Wildman–Crippen MR) is 69.1 cm³/mol. The van der Waals surface area contributed by atoms with E-state index in [0.29, 0.717) is 6.04 Å². The van der Waals surface area contributed by atoms with Crippen LogP contribution in [0.1, 0.15) is 32.3 Å². The molecule has 2 unspecified atom stereocenters. The van der Waals surface area contributed by atoms with Crippen LogP contribution in [0, 0.1) is 5.92 Å². The van der Waals surface area contributed by atoms with E-state index in [1.54, 1.807) is 0 Å². The van der Waals surface area contributed by atoms with Crippen molar-refractivity contribution in [1.29, 1.82) is 0 Å². The van der Waals surface area contributed by atoms with E-state index in [9.17, 15) is 0 Å². The summed E-state index contributed by atoms with van der Waals surface area (Å²) in [6.07, 6.45) is 2.66. The van der Waals surface area contributed by atoms with E-state index in [1.165, 1.54) is 24.9 Å². The molecule has 0 saturated carbocycles. The summed E-state index contributed by atoms with van der Waals surface area (Å²) < 4.78 is 0. The smallest absolute Gasteiger partial charge is 0.0314 e. The molecule has 2 atom stereocenters. The number of nitrogens with two attached hydrogens (primary N) is 1. The molecule has 88 valence electrons. The van der Waals surface area contributed by atoms with Gasteiger partial charge in [-0.2, -0.15) is 0 Å². The summed E-state index contributed by atoms with van der Waals surface area (Å²) in [6.45, 7) is 6.99. The maximum Gasteiger partial charge on any atom is 0.0314 e. The molecular weight excluding hydrogens is 196 g/mol. The number of hydrogen-bond donors (Lipinski definition) is 1. The minimum absolute atomic E-state index is 0.710. The lowest BCUT2D eigenvalue weighted by Crippen LogP contribution is -2.39. The fraction of sp³-hybridized carbons (Fsp3) is 0.571. The highest BCUT2D eigenvalue weighted by Gasteiger charge is 2.22. The van der Waals surface area contributed by atoms with Gasteiger partial charge >= 0.3 is 0 Å². The summed E-state index contributed by atoms with van der Waals surface area (Å²) in [5.41, 5.74) is 7.91. The average molecular weight is 218 g/mol. The van der Waals surface area contributed by atoms with Crippen LogP contribution in [0.5, 0.6) is 0 Å². The Morgan fingerprint density at radius 3 is 2.56 bits per heavy atom. The van der Waals surface area contributed by atoms with Crippen molar-refractivity contribution in [1.82, 2.24) is 4.90 Å². The van der Waals surface area contributed by atoms with E-state index in [4.69, 9.17) is 5.73 Å². The van der Waals surface area contributed by atoms with Gasteiger partial charge in [0.2, 0.25) is 0 Å². The molecule has 2 N–H and O–H groups in total. The second kappa shape index (κ2) is 4.88. The zero-order valence-corrected chi connectivity index (χ0v) is 10.3. The summed E-state index contributed by atoms with van der Waals surface area (Å²) in [5, 5.41) is 0. The Labute approximate surface area is 98.4 Å². The van der Waals surface area contributed by atoms with Crippen LogP contribution >= 0.6 is 0 Å². The molecule has 0 spiro atoms. The summed E-state index contributed by atoms with van der Waals surface area (Å²) in [6, 6.07) is 8.97. The molecule has 1 saturated heterocycles. The standard InChI is InChI=1S/C14H22N2/c1-11-7-8-16(12(2)9-11)10-13-3-5-14(15)6-4-13/h3-6,11-12H,7-10,15H2,1-2H3. The maximum atomic E-state index is 5.69. The Kier molecular flexibility index (Phi) is 3.49. The van der Waals surface area contributed by atoms with Crippen LogP contribution in [0.25, 0.3) is 0 Å². The van der Waals surface area contributed by atoms with E-state index in [2.05, 4.69) is 30.9 Å². The van der Waals surface area contributed by atoms with Gasteiger partial charge in [-0.15, -0.1) is 0 Å². The monoisotopic (exact) mass is 218 g/mol. The van der Waals surface area contributed by atoms with Crippen molar-refractivity contribution in [2.75, 3.05) is 12.3 Å². The first kappa shape index (κ1) is 11.5. The number of nitrogens with zero attached hydrogens (tertiary/aromatic N) is 1. The van der Waals surface area contributed by atoms with Gasteiger partial charge in [-0.05, 0) is 49.9 Å². The van der Waals surface area contributed by atoms with E-state index >= 15 is 0 Å². The van der Waals surface area contributed by atoms with Gasteiger partial charge in [0.05, 0.1) is 0 Å². The first-order valence-corrected chi connectivity index (χ1v) is 6.23. The topological polar surface area (TPSA) is 29.3 Å². The summed E-state index contributed by atoms with van der Waals surface area (Å²) in [4.78, 5) is 2.57. The van der Waals surface area contributed by atoms with Crippen LogP contribution in [0.3, 0.4) is 0 Å². The van der Waals surface area contributed by atoms with Crippen LogP contribution in [0.15, 0.2) is 24.3 Å². The largest absolute Gasteiger partial charge is 0.399 e. The molecule has 1 fully saturated rings. The van der Waals surface area contributed by atoms with Crippen molar-refractivity contribution in [3.8, 4) is 0 Å². The van der Waals surface area contributed by atoms with Gasteiger partial charge in [0.25, 0.3) is 0 Å². The molecule has 1 aliphatic rings. The van der Waals surface area contributed by atoms with Crippen molar-refractivity contribution >= 4 is 5.69 Å². The highest BCUT2D eigenvalue weighted by Crippen LogP contribution is 2.23. The van der Waals surface area contributed by atoms with Crippen molar-refractivity contribution in [2.24, 2.45) is 5.92 Å². The van der Waals surface area contributed by atoms with Gasteiger partial charge in [-0.1, -0.05) is 19.1 Å². The number of anilines is 1. The normalized spacial score (nSPS) is 26.9. The SMILES string of the molecule is CC1CCN(Cc2ccc(N)cc2)C(C)C1. The Bertz CT molecular complexity index is 331. The van der Waals surface area contributed by atoms with Crippen LogP contribution in [0.2, 0.25) is 0 Å². The number of hydrogen-bond acceptors (Lipinski definition) is 2. The van der Waals surface area contributed by atoms with E-state index in [0.717, 1.165) is 18.2 Å². The zero-order chi connectivity index (χ0) is 11.5. The van der Waals surface area contributed by atoms with Gasteiger partial charge in [0.1, 0.15) is 0 Å². The third-order valence-electron chi connectivity index (χ3n) is 3.64. The Morgan fingerprint density at radius 1 is 1.25 bits per heavy atom. The van der Waals surface area contributed by atoms with Gasteiger partial charge in [0, 0.05) is 18.3 Å². The second-order valence-corrected chi connectivity index (χ2v) is 5.19. The maximum absolute atomic E-state index is 5.69. The third-order valence-corrected chi connectivity index (χ3v) is 3.64. The summed E-state index contributed by atoms with van der Waals surface area (Å²) in [7, 11) is 0. The Balaban J connectivity index is 1.96. The molecule has 0 radical (unpaired) electrons. The Morgan fingerprint density at radius 2 is 1.94 bits per heavy atom. The van der Waals surface area contributed by atoms with Crippen LogP contribution < -0.4 is 5.73 Å². The number of rotatable bonds is 2. The van der Waals surface area contributed by atoms with Crippen molar-refractivity contribution in [3.05, 3.63) is 29.8 Å². The molecule has 1 heterocycles. The van der Waals surface area contributed by atoms with Gasteiger partial charge in [-0.3, -0.25) is 4.90 Å². The third kappa shape index (κ3) is 2.76. The molecule has 1 aliphatic heterocycles.